The lowest BCUT2D eigenvalue weighted by molar-refractivity contribution is 0.425. The van der Waals surface area contributed by atoms with Crippen molar-refractivity contribution >= 4 is 12.6 Å². The molecule has 0 saturated heterocycles. The number of hydrogen-bond donors (Lipinski definition) is 2. The van der Waals surface area contributed by atoms with Gasteiger partial charge < -0.3 is 10.0 Å². The molecular formula is C9H10BN3O2. The van der Waals surface area contributed by atoms with Gasteiger partial charge in [-0.3, -0.25) is 9.67 Å². The molecule has 15 heavy (non-hydrogen) atoms. The van der Waals surface area contributed by atoms with Crippen molar-refractivity contribution < 1.29 is 10.0 Å². The summed E-state index contributed by atoms with van der Waals surface area (Å²) in [7, 11) is 0.337. The minimum atomic E-state index is -1.48. The fourth-order valence-electron chi connectivity index (χ4n) is 1.30. The van der Waals surface area contributed by atoms with E-state index in [0.29, 0.717) is 16.9 Å². The molecule has 0 fully saturated rings. The van der Waals surface area contributed by atoms with Crippen molar-refractivity contribution in [2.45, 2.75) is 0 Å². The Morgan fingerprint density at radius 2 is 2.07 bits per heavy atom. The minimum absolute atomic E-state index is 0.408. The molecule has 2 rings (SSSR count). The molecule has 0 spiro atoms. The van der Waals surface area contributed by atoms with Crippen LogP contribution in [0.2, 0.25) is 0 Å². The summed E-state index contributed by atoms with van der Waals surface area (Å²) in [5, 5.41) is 22.2. The van der Waals surface area contributed by atoms with Crippen LogP contribution in [0.5, 0.6) is 0 Å². The van der Waals surface area contributed by atoms with E-state index in [-0.39, 0.29) is 0 Å². The molecular weight excluding hydrogens is 193 g/mol. The smallest absolute Gasteiger partial charge is 0.423 e. The van der Waals surface area contributed by atoms with Crippen LogP contribution in [0.3, 0.4) is 0 Å². The van der Waals surface area contributed by atoms with Gasteiger partial charge in [0.05, 0.1) is 5.69 Å². The zero-order chi connectivity index (χ0) is 10.8. The summed E-state index contributed by atoms with van der Waals surface area (Å²) >= 11 is 0. The molecule has 0 unspecified atom stereocenters. The zero-order valence-corrected chi connectivity index (χ0v) is 8.20. The highest BCUT2D eigenvalue weighted by Crippen LogP contribution is 2.11. The Morgan fingerprint density at radius 3 is 2.67 bits per heavy atom. The summed E-state index contributed by atoms with van der Waals surface area (Å²) in [5.74, 6) is 0. The zero-order valence-electron chi connectivity index (χ0n) is 8.20. The maximum Gasteiger partial charge on any atom is 0.488 e. The van der Waals surface area contributed by atoms with Gasteiger partial charge in [0.25, 0.3) is 0 Å². The Bertz CT molecular complexity index is 470. The van der Waals surface area contributed by atoms with Crippen LogP contribution in [0.15, 0.2) is 30.6 Å². The van der Waals surface area contributed by atoms with Crippen molar-refractivity contribution in [2.24, 2.45) is 7.05 Å². The first-order valence-corrected chi connectivity index (χ1v) is 4.49. The lowest BCUT2D eigenvalue weighted by Crippen LogP contribution is -2.29. The average Bonchev–Trinajstić information content (AvgIpc) is 2.65. The van der Waals surface area contributed by atoms with Gasteiger partial charge in [-0.05, 0) is 23.7 Å². The lowest BCUT2D eigenvalue weighted by atomic mass is 9.80. The first kappa shape index (κ1) is 9.88. The van der Waals surface area contributed by atoms with Crippen LogP contribution >= 0.6 is 0 Å². The topological polar surface area (TPSA) is 71.2 Å². The maximum absolute atomic E-state index is 9.00. The van der Waals surface area contributed by atoms with Crippen molar-refractivity contribution in [3.8, 4) is 11.4 Å². The number of pyridine rings is 1. The molecule has 0 saturated carbocycles. The Kier molecular flexibility index (Phi) is 2.53. The van der Waals surface area contributed by atoms with Crippen molar-refractivity contribution in [2.75, 3.05) is 0 Å². The summed E-state index contributed by atoms with van der Waals surface area (Å²) in [6.07, 6.45) is 3.33. The molecule has 76 valence electrons. The second-order valence-corrected chi connectivity index (χ2v) is 3.22. The molecule has 0 aliphatic heterocycles. The van der Waals surface area contributed by atoms with Crippen molar-refractivity contribution in [3.05, 3.63) is 30.6 Å². The van der Waals surface area contributed by atoms with Gasteiger partial charge >= 0.3 is 7.12 Å². The third-order valence-electron chi connectivity index (χ3n) is 2.06. The Labute approximate surface area is 87.2 Å². The van der Waals surface area contributed by atoms with Gasteiger partial charge in [0, 0.05) is 19.4 Å². The van der Waals surface area contributed by atoms with E-state index < -0.39 is 7.12 Å². The average molecular weight is 203 g/mol. The molecule has 0 aromatic carbocycles. The van der Waals surface area contributed by atoms with Crippen LogP contribution in [-0.4, -0.2) is 31.9 Å². The van der Waals surface area contributed by atoms with Crippen molar-refractivity contribution in [3.63, 3.8) is 0 Å². The highest BCUT2D eigenvalue weighted by molar-refractivity contribution is 6.58. The van der Waals surface area contributed by atoms with E-state index in [2.05, 4.69) is 10.1 Å². The van der Waals surface area contributed by atoms with E-state index in [4.69, 9.17) is 10.0 Å². The van der Waals surface area contributed by atoms with E-state index in [0.717, 1.165) is 0 Å². The Morgan fingerprint density at radius 1 is 1.27 bits per heavy atom. The summed E-state index contributed by atoms with van der Waals surface area (Å²) in [6.45, 7) is 0. The predicted octanol–water partition coefficient (Wildman–Crippen LogP) is -0.838. The van der Waals surface area contributed by atoms with Crippen molar-refractivity contribution in [1.29, 1.82) is 0 Å². The van der Waals surface area contributed by atoms with E-state index in [9.17, 15) is 0 Å². The number of nitrogens with zero attached hydrogens (tertiary/aromatic N) is 3. The molecule has 0 aliphatic rings. The highest BCUT2D eigenvalue weighted by atomic mass is 16.4. The molecule has 2 aromatic rings. The van der Waals surface area contributed by atoms with Crippen LogP contribution in [0.1, 0.15) is 0 Å². The molecule has 6 heteroatoms. The number of hydrogen-bond acceptors (Lipinski definition) is 4. The van der Waals surface area contributed by atoms with Crippen LogP contribution in [-0.2, 0) is 7.05 Å². The van der Waals surface area contributed by atoms with Gasteiger partial charge in [0.15, 0.2) is 0 Å². The van der Waals surface area contributed by atoms with Gasteiger partial charge in [0.1, 0.15) is 5.69 Å². The third kappa shape index (κ3) is 2.06. The van der Waals surface area contributed by atoms with Crippen LogP contribution in [0.25, 0.3) is 11.4 Å². The number of aryl methyl sites for hydroxylation is 1. The molecule has 0 bridgehead atoms. The standard InChI is InChI=1S/C9H10BN3O2/c1-13-5-3-8(12-13)9-6-7(10(14)15)2-4-11-9/h2-6,14-15H,1H3. The molecule has 5 nitrogen and oxygen atoms in total. The predicted molar refractivity (Wildman–Crippen MR) is 56.3 cm³/mol. The second-order valence-electron chi connectivity index (χ2n) is 3.22. The fourth-order valence-corrected chi connectivity index (χ4v) is 1.30. The van der Waals surface area contributed by atoms with Gasteiger partial charge in [-0.2, -0.15) is 5.10 Å². The fraction of sp³-hybridized carbons (Fsp3) is 0.111. The van der Waals surface area contributed by atoms with Crippen molar-refractivity contribution in [1.82, 2.24) is 14.8 Å². The van der Waals surface area contributed by atoms with Gasteiger partial charge in [-0.1, -0.05) is 0 Å². The molecule has 0 atom stereocenters. The third-order valence-corrected chi connectivity index (χ3v) is 2.06. The van der Waals surface area contributed by atoms with E-state index in [1.807, 2.05) is 13.1 Å². The van der Waals surface area contributed by atoms with E-state index in [1.165, 1.54) is 6.20 Å². The monoisotopic (exact) mass is 203 g/mol. The molecule has 0 radical (unpaired) electrons. The lowest BCUT2D eigenvalue weighted by Gasteiger charge is -2.00. The van der Waals surface area contributed by atoms with Crippen LogP contribution in [0, 0.1) is 0 Å². The second kappa shape index (κ2) is 3.84. The SMILES string of the molecule is Cn1ccc(-c2cc(B(O)O)ccn2)n1. The normalized spacial score (nSPS) is 10.3. The van der Waals surface area contributed by atoms with Crippen LogP contribution in [0.4, 0.5) is 0 Å². The molecule has 0 aliphatic carbocycles. The summed E-state index contributed by atoms with van der Waals surface area (Å²) in [6, 6.07) is 4.97. The minimum Gasteiger partial charge on any atom is -0.423 e. The van der Waals surface area contributed by atoms with Crippen LogP contribution < -0.4 is 5.46 Å². The quantitative estimate of drug-likeness (QED) is 0.624. The van der Waals surface area contributed by atoms with Gasteiger partial charge in [-0.15, -0.1) is 0 Å². The van der Waals surface area contributed by atoms with Gasteiger partial charge in [0.2, 0.25) is 0 Å². The molecule has 2 aromatic heterocycles. The first-order valence-electron chi connectivity index (χ1n) is 4.49. The van der Waals surface area contributed by atoms with E-state index in [1.54, 1.807) is 23.0 Å². The maximum atomic E-state index is 9.00. The Hall–Kier alpha value is -1.66. The molecule has 2 heterocycles. The summed E-state index contributed by atoms with van der Waals surface area (Å²) < 4.78 is 1.67. The highest BCUT2D eigenvalue weighted by Gasteiger charge is 2.12. The Balaban J connectivity index is 2.41. The molecule has 2 N–H and O–H groups in total. The van der Waals surface area contributed by atoms with Gasteiger partial charge in [-0.25, -0.2) is 0 Å². The molecule has 0 amide bonds. The van der Waals surface area contributed by atoms with E-state index >= 15 is 0 Å². The number of aromatic nitrogens is 3. The largest absolute Gasteiger partial charge is 0.488 e. The summed E-state index contributed by atoms with van der Waals surface area (Å²) in [5.41, 5.74) is 1.74. The first-order chi connectivity index (χ1) is 7.16. The summed E-state index contributed by atoms with van der Waals surface area (Å²) in [4.78, 5) is 4.11. The number of rotatable bonds is 2.